The largest absolute Gasteiger partial charge is 0.480 e. The SMILES string of the molecule is C#CCN(CC(=O)O)C(=O)N1[C@H](C)CCC[C@@H]1C. The van der Waals surface area contributed by atoms with Crippen LogP contribution in [0.5, 0.6) is 0 Å². The maximum absolute atomic E-state index is 12.3. The van der Waals surface area contributed by atoms with Crippen molar-refractivity contribution in [2.45, 2.75) is 45.2 Å². The van der Waals surface area contributed by atoms with Gasteiger partial charge >= 0.3 is 12.0 Å². The molecule has 5 nitrogen and oxygen atoms in total. The number of hydrogen-bond donors (Lipinski definition) is 1. The van der Waals surface area contributed by atoms with Crippen LogP contribution in [0.15, 0.2) is 0 Å². The van der Waals surface area contributed by atoms with E-state index in [0.717, 1.165) is 19.3 Å². The molecule has 100 valence electrons. The van der Waals surface area contributed by atoms with Crippen LogP contribution >= 0.6 is 0 Å². The molecule has 0 aromatic heterocycles. The minimum Gasteiger partial charge on any atom is -0.480 e. The molecular weight excluding hydrogens is 232 g/mol. The Hall–Kier alpha value is -1.70. The summed E-state index contributed by atoms with van der Waals surface area (Å²) in [7, 11) is 0. The molecule has 2 amide bonds. The Labute approximate surface area is 108 Å². The number of terminal acetylenes is 1. The number of hydrogen-bond acceptors (Lipinski definition) is 2. The van der Waals surface area contributed by atoms with Crippen LogP contribution in [0.3, 0.4) is 0 Å². The standard InChI is InChI=1S/C13H20N2O3/c1-4-8-14(9-12(16)17)13(18)15-10(2)6-5-7-11(15)3/h1,10-11H,5-9H2,2-3H3,(H,16,17)/t10-,11+. The summed E-state index contributed by atoms with van der Waals surface area (Å²) in [5.74, 6) is 1.29. The fourth-order valence-corrected chi connectivity index (χ4v) is 2.43. The number of aliphatic carboxylic acids is 1. The summed E-state index contributed by atoms with van der Waals surface area (Å²) >= 11 is 0. The number of carboxylic acid groups (broad SMARTS) is 1. The highest BCUT2D eigenvalue weighted by atomic mass is 16.4. The Kier molecular flexibility index (Phi) is 5.02. The molecule has 5 heteroatoms. The summed E-state index contributed by atoms with van der Waals surface area (Å²) in [6.45, 7) is 3.66. The highest BCUT2D eigenvalue weighted by Gasteiger charge is 2.32. The fourth-order valence-electron chi connectivity index (χ4n) is 2.43. The van der Waals surface area contributed by atoms with Gasteiger partial charge in [0.25, 0.3) is 0 Å². The number of likely N-dealkylation sites (tertiary alicyclic amines) is 1. The zero-order valence-corrected chi connectivity index (χ0v) is 10.9. The molecule has 0 radical (unpaired) electrons. The second-order valence-electron chi connectivity index (χ2n) is 4.77. The lowest BCUT2D eigenvalue weighted by Crippen LogP contribution is -2.54. The third-order valence-corrected chi connectivity index (χ3v) is 3.29. The molecule has 0 aromatic rings. The molecule has 0 unspecified atom stereocenters. The highest BCUT2D eigenvalue weighted by Crippen LogP contribution is 2.23. The molecular formula is C13H20N2O3. The minimum absolute atomic E-state index is 0.0288. The van der Waals surface area contributed by atoms with E-state index in [1.165, 1.54) is 4.90 Å². The Morgan fingerprint density at radius 2 is 1.94 bits per heavy atom. The number of rotatable bonds is 3. The van der Waals surface area contributed by atoms with Gasteiger partial charge < -0.3 is 14.9 Å². The van der Waals surface area contributed by atoms with Crippen LogP contribution < -0.4 is 0 Å². The van der Waals surface area contributed by atoms with Crippen LogP contribution in [0.2, 0.25) is 0 Å². The molecule has 0 aromatic carbocycles. The van der Waals surface area contributed by atoms with E-state index in [2.05, 4.69) is 5.92 Å². The number of piperidine rings is 1. The predicted octanol–water partition coefficient (Wildman–Crippen LogP) is 1.39. The number of nitrogens with zero attached hydrogens (tertiary/aromatic N) is 2. The Morgan fingerprint density at radius 3 is 2.39 bits per heavy atom. The smallest absolute Gasteiger partial charge is 0.323 e. The van der Waals surface area contributed by atoms with Gasteiger partial charge in [-0.25, -0.2) is 4.79 Å². The van der Waals surface area contributed by atoms with Gasteiger partial charge in [0.15, 0.2) is 0 Å². The molecule has 0 aliphatic carbocycles. The molecule has 2 atom stereocenters. The van der Waals surface area contributed by atoms with E-state index in [0.29, 0.717) is 0 Å². The number of carbonyl (C=O) groups is 2. The van der Waals surface area contributed by atoms with Crippen molar-refractivity contribution in [1.82, 2.24) is 9.80 Å². The summed E-state index contributed by atoms with van der Waals surface area (Å²) in [6.07, 6.45) is 8.19. The van der Waals surface area contributed by atoms with Crippen molar-refractivity contribution in [1.29, 1.82) is 0 Å². The summed E-state index contributed by atoms with van der Waals surface area (Å²) in [6, 6.07) is 0.000638. The first-order valence-electron chi connectivity index (χ1n) is 6.19. The van der Waals surface area contributed by atoms with Crippen LogP contribution in [-0.4, -0.2) is 52.1 Å². The van der Waals surface area contributed by atoms with Gasteiger partial charge in [-0.3, -0.25) is 4.79 Å². The maximum Gasteiger partial charge on any atom is 0.323 e. The first kappa shape index (κ1) is 14.4. The van der Waals surface area contributed by atoms with E-state index < -0.39 is 5.97 Å². The van der Waals surface area contributed by atoms with Crippen LogP contribution in [0, 0.1) is 12.3 Å². The van der Waals surface area contributed by atoms with E-state index in [-0.39, 0.29) is 31.2 Å². The van der Waals surface area contributed by atoms with Crippen molar-refractivity contribution in [2.75, 3.05) is 13.1 Å². The van der Waals surface area contributed by atoms with E-state index >= 15 is 0 Å². The minimum atomic E-state index is -1.05. The molecule has 1 fully saturated rings. The average Bonchev–Trinajstić information content (AvgIpc) is 2.27. The predicted molar refractivity (Wildman–Crippen MR) is 68.1 cm³/mol. The van der Waals surface area contributed by atoms with E-state index in [4.69, 9.17) is 11.5 Å². The zero-order chi connectivity index (χ0) is 13.7. The third-order valence-electron chi connectivity index (χ3n) is 3.29. The number of carbonyl (C=O) groups excluding carboxylic acids is 1. The van der Waals surface area contributed by atoms with Gasteiger partial charge in [0.1, 0.15) is 6.54 Å². The number of carboxylic acids is 1. The molecule has 1 aliphatic rings. The molecule has 18 heavy (non-hydrogen) atoms. The lowest BCUT2D eigenvalue weighted by atomic mass is 9.98. The Balaban J connectivity index is 2.80. The van der Waals surface area contributed by atoms with Crippen molar-refractivity contribution >= 4 is 12.0 Å². The van der Waals surface area contributed by atoms with Crippen molar-refractivity contribution in [2.24, 2.45) is 0 Å². The molecule has 1 aliphatic heterocycles. The van der Waals surface area contributed by atoms with Crippen LogP contribution in [0.25, 0.3) is 0 Å². The summed E-state index contributed by atoms with van der Waals surface area (Å²) in [5, 5.41) is 8.81. The maximum atomic E-state index is 12.3. The van der Waals surface area contributed by atoms with E-state index in [1.54, 1.807) is 4.90 Å². The van der Waals surface area contributed by atoms with Gasteiger partial charge in [0.05, 0.1) is 6.54 Å². The van der Waals surface area contributed by atoms with Crippen LogP contribution in [0.4, 0.5) is 4.79 Å². The Bertz CT molecular complexity index is 352. The van der Waals surface area contributed by atoms with Crippen molar-refractivity contribution in [3.63, 3.8) is 0 Å². The molecule has 1 rings (SSSR count). The lowest BCUT2D eigenvalue weighted by molar-refractivity contribution is -0.137. The zero-order valence-electron chi connectivity index (χ0n) is 10.9. The van der Waals surface area contributed by atoms with Crippen LogP contribution in [-0.2, 0) is 4.79 Å². The van der Waals surface area contributed by atoms with Crippen molar-refractivity contribution in [3.05, 3.63) is 0 Å². The molecule has 0 saturated carbocycles. The quantitative estimate of drug-likeness (QED) is 0.772. The van der Waals surface area contributed by atoms with Gasteiger partial charge in [-0.2, -0.15) is 0 Å². The van der Waals surface area contributed by atoms with Gasteiger partial charge in [0, 0.05) is 12.1 Å². The second kappa shape index (κ2) is 6.29. The lowest BCUT2D eigenvalue weighted by Gasteiger charge is -2.41. The monoisotopic (exact) mass is 252 g/mol. The molecule has 0 bridgehead atoms. The van der Waals surface area contributed by atoms with Gasteiger partial charge in [-0.1, -0.05) is 5.92 Å². The van der Waals surface area contributed by atoms with Crippen molar-refractivity contribution in [3.8, 4) is 12.3 Å². The van der Waals surface area contributed by atoms with E-state index in [1.807, 2.05) is 13.8 Å². The molecule has 0 spiro atoms. The number of urea groups is 1. The summed E-state index contributed by atoms with van der Waals surface area (Å²) in [4.78, 5) is 26.1. The molecule has 1 saturated heterocycles. The first-order chi connectivity index (χ1) is 8.47. The molecule has 1 heterocycles. The fraction of sp³-hybridized carbons (Fsp3) is 0.692. The Morgan fingerprint density at radius 1 is 1.39 bits per heavy atom. The second-order valence-corrected chi connectivity index (χ2v) is 4.77. The summed E-state index contributed by atoms with van der Waals surface area (Å²) in [5.41, 5.74) is 0. The van der Waals surface area contributed by atoms with Crippen LogP contribution in [0.1, 0.15) is 33.1 Å². The normalized spacial score (nSPS) is 23.3. The van der Waals surface area contributed by atoms with Crippen molar-refractivity contribution < 1.29 is 14.7 Å². The highest BCUT2D eigenvalue weighted by molar-refractivity contribution is 5.81. The van der Waals surface area contributed by atoms with E-state index in [9.17, 15) is 9.59 Å². The topological polar surface area (TPSA) is 60.9 Å². The van der Waals surface area contributed by atoms with Gasteiger partial charge in [-0.15, -0.1) is 6.42 Å². The van der Waals surface area contributed by atoms with Gasteiger partial charge in [0.2, 0.25) is 0 Å². The molecule has 1 N–H and O–H groups in total. The first-order valence-corrected chi connectivity index (χ1v) is 6.19. The van der Waals surface area contributed by atoms with Gasteiger partial charge in [-0.05, 0) is 33.1 Å². The average molecular weight is 252 g/mol. The summed E-state index contributed by atoms with van der Waals surface area (Å²) < 4.78 is 0. The third kappa shape index (κ3) is 3.39. The number of amides is 2.